The van der Waals surface area contributed by atoms with Crippen molar-refractivity contribution < 1.29 is 14.7 Å². The molecule has 1 unspecified atom stereocenters. The Morgan fingerprint density at radius 3 is 2.75 bits per heavy atom. The number of rotatable bonds is 7. The fourth-order valence-electron chi connectivity index (χ4n) is 1.69. The number of nitrogens with zero attached hydrogens (tertiary/aromatic N) is 1. The van der Waals surface area contributed by atoms with Crippen molar-refractivity contribution in [1.82, 2.24) is 10.3 Å². The molecule has 2 N–H and O–H groups in total. The van der Waals surface area contributed by atoms with Crippen molar-refractivity contribution in [2.75, 3.05) is 0 Å². The van der Waals surface area contributed by atoms with Gasteiger partial charge in [-0.15, -0.1) is 0 Å². The zero-order chi connectivity index (χ0) is 15.0. The molecular formula is C15H20N2O3. The predicted molar refractivity (Wildman–Crippen MR) is 77.4 cm³/mol. The van der Waals surface area contributed by atoms with Crippen LogP contribution in [0.4, 0.5) is 0 Å². The van der Waals surface area contributed by atoms with E-state index in [9.17, 15) is 9.59 Å². The maximum absolute atomic E-state index is 11.9. The standard InChI is InChI=1S/C15H20N2O3/c1-3-4-5-11(2)17-15(20)13-8-6-12(10-16-13)7-9-14(18)19/h6-11H,3-5H2,1-2H3,(H,17,20)(H,18,19). The van der Waals surface area contributed by atoms with Crippen LogP contribution in [0.5, 0.6) is 0 Å². The summed E-state index contributed by atoms with van der Waals surface area (Å²) in [4.78, 5) is 26.3. The lowest BCUT2D eigenvalue weighted by molar-refractivity contribution is -0.131. The number of pyridine rings is 1. The van der Waals surface area contributed by atoms with Crippen LogP contribution in [0, 0.1) is 0 Å². The number of unbranched alkanes of at least 4 members (excludes halogenated alkanes) is 1. The van der Waals surface area contributed by atoms with Crippen molar-refractivity contribution in [3.8, 4) is 0 Å². The van der Waals surface area contributed by atoms with E-state index in [4.69, 9.17) is 5.11 Å². The molecule has 0 aliphatic rings. The van der Waals surface area contributed by atoms with Gasteiger partial charge in [-0.3, -0.25) is 9.78 Å². The molecule has 0 aromatic carbocycles. The van der Waals surface area contributed by atoms with E-state index in [2.05, 4.69) is 17.2 Å². The lowest BCUT2D eigenvalue weighted by Gasteiger charge is -2.12. The maximum atomic E-state index is 11.9. The summed E-state index contributed by atoms with van der Waals surface area (Å²) in [5, 5.41) is 11.4. The Labute approximate surface area is 118 Å². The number of carboxylic acid groups (broad SMARTS) is 1. The molecule has 0 saturated carbocycles. The van der Waals surface area contributed by atoms with Crippen LogP contribution in [0.25, 0.3) is 6.08 Å². The molecule has 0 radical (unpaired) electrons. The van der Waals surface area contributed by atoms with E-state index in [0.29, 0.717) is 11.3 Å². The monoisotopic (exact) mass is 276 g/mol. The molecule has 5 heteroatoms. The fourth-order valence-corrected chi connectivity index (χ4v) is 1.69. The Balaban J connectivity index is 2.59. The van der Waals surface area contributed by atoms with Crippen molar-refractivity contribution in [2.45, 2.75) is 39.2 Å². The van der Waals surface area contributed by atoms with Gasteiger partial charge in [0.05, 0.1) is 0 Å². The summed E-state index contributed by atoms with van der Waals surface area (Å²) in [7, 11) is 0. The highest BCUT2D eigenvalue weighted by Gasteiger charge is 2.10. The Bertz CT molecular complexity index is 480. The van der Waals surface area contributed by atoms with Crippen LogP contribution in [0.2, 0.25) is 0 Å². The number of hydrogen-bond acceptors (Lipinski definition) is 3. The highest BCUT2D eigenvalue weighted by Crippen LogP contribution is 2.05. The number of amides is 1. The molecule has 0 fully saturated rings. The molecule has 1 rings (SSSR count). The van der Waals surface area contributed by atoms with Gasteiger partial charge in [-0.05, 0) is 31.1 Å². The topological polar surface area (TPSA) is 79.3 Å². The van der Waals surface area contributed by atoms with E-state index in [1.807, 2.05) is 6.92 Å². The third kappa shape index (κ3) is 5.65. The first kappa shape index (κ1) is 15.9. The van der Waals surface area contributed by atoms with E-state index in [-0.39, 0.29) is 11.9 Å². The molecule has 108 valence electrons. The average Bonchev–Trinajstić information content (AvgIpc) is 2.43. The molecule has 20 heavy (non-hydrogen) atoms. The van der Waals surface area contributed by atoms with Gasteiger partial charge in [-0.2, -0.15) is 0 Å². The number of nitrogens with one attached hydrogen (secondary N) is 1. The van der Waals surface area contributed by atoms with E-state index < -0.39 is 5.97 Å². The van der Waals surface area contributed by atoms with Crippen molar-refractivity contribution in [1.29, 1.82) is 0 Å². The smallest absolute Gasteiger partial charge is 0.328 e. The predicted octanol–water partition coefficient (Wildman–Crippen LogP) is 2.49. The van der Waals surface area contributed by atoms with Crippen molar-refractivity contribution in [3.63, 3.8) is 0 Å². The summed E-state index contributed by atoms with van der Waals surface area (Å²) < 4.78 is 0. The van der Waals surface area contributed by atoms with Crippen molar-refractivity contribution in [2.24, 2.45) is 0 Å². The highest BCUT2D eigenvalue weighted by molar-refractivity contribution is 5.92. The molecule has 0 saturated heterocycles. The van der Waals surface area contributed by atoms with Crippen LogP contribution in [0.15, 0.2) is 24.4 Å². The van der Waals surface area contributed by atoms with Gasteiger partial charge in [0.2, 0.25) is 0 Å². The third-order valence-electron chi connectivity index (χ3n) is 2.81. The second-order valence-corrected chi connectivity index (χ2v) is 4.67. The van der Waals surface area contributed by atoms with Crippen LogP contribution in [0.1, 0.15) is 49.2 Å². The minimum absolute atomic E-state index is 0.121. The van der Waals surface area contributed by atoms with Crippen molar-refractivity contribution in [3.05, 3.63) is 35.7 Å². The molecule has 1 atom stereocenters. The number of carbonyl (C=O) groups is 2. The summed E-state index contributed by atoms with van der Waals surface area (Å²) in [6.07, 6.45) is 7.06. The zero-order valence-electron chi connectivity index (χ0n) is 11.8. The Kier molecular flexibility index (Phi) is 6.43. The highest BCUT2D eigenvalue weighted by atomic mass is 16.4. The second-order valence-electron chi connectivity index (χ2n) is 4.67. The first-order valence-electron chi connectivity index (χ1n) is 6.71. The molecule has 0 spiro atoms. The molecule has 1 aromatic heterocycles. The van der Waals surface area contributed by atoms with Gasteiger partial charge in [0.1, 0.15) is 5.69 Å². The number of aromatic nitrogens is 1. The van der Waals surface area contributed by atoms with Gasteiger partial charge in [-0.1, -0.05) is 25.8 Å². The summed E-state index contributed by atoms with van der Waals surface area (Å²) in [5.41, 5.74) is 0.976. The fraction of sp³-hybridized carbons (Fsp3) is 0.400. The Hall–Kier alpha value is -2.17. The maximum Gasteiger partial charge on any atom is 0.328 e. The summed E-state index contributed by atoms with van der Waals surface area (Å²) in [5.74, 6) is -1.22. The lowest BCUT2D eigenvalue weighted by Crippen LogP contribution is -2.32. The van der Waals surface area contributed by atoms with Crippen LogP contribution < -0.4 is 5.32 Å². The first-order valence-corrected chi connectivity index (χ1v) is 6.71. The van der Waals surface area contributed by atoms with Gasteiger partial charge in [-0.25, -0.2) is 4.79 Å². The van der Waals surface area contributed by atoms with Crippen LogP contribution in [-0.2, 0) is 4.79 Å². The molecule has 5 nitrogen and oxygen atoms in total. The molecule has 0 aliphatic heterocycles. The number of hydrogen-bond donors (Lipinski definition) is 2. The molecule has 1 heterocycles. The quantitative estimate of drug-likeness (QED) is 0.750. The van der Waals surface area contributed by atoms with Crippen LogP contribution >= 0.6 is 0 Å². The minimum Gasteiger partial charge on any atom is -0.478 e. The number of carbonyl (C=O) groups excluding carboxylic acids is 1. The van der Waals surface area contributed by atoms with Crippen LogP contribution in [-0.4, -0.2) is 28.0 Å². The minimum atomic E-state index is -1.02. The van der Waals surface area contributed by atoms with Crippen molar-refractivity contribution >= 4 is 18.0 Å². The van der Waals surface area contributed by atoms with E-state index >= 15 is 0 Å². The third-order valence-corrected chi connectivity index (χ3v) is 2.81. The van der Waals surface area contributed by atoms with E-state index in [0.717, 1.165) is 25.3 Å². The summed E-state index contributed by atoms with van der Waals surface area (Å²) in [6.45, 7) is 4.08. The van der Waals surface area contributed by atoms with E-state index in [1.165, 1.54) is 12.3 Å². The van der Waals surface area contributed by atoms with Gasteiger partial charge in [0.15, 0.2) is 0 Å². The zero-order valence-corrected chi connectivity index (χ0v) is 11.8. The SMILES string of the molecule is CCCCC(C)NC(=O)c1ccc(C=CC(=O)O)cn1. The van der Waals surface area contributed by atoms with Gasteiger partial charge >= 0.3 is 5.97 Å². The van der Waals surface area contributed by atoms with Crippen LogP contribution in [0.3, 0.4) is 0 Å². The van der Waals surface area contributed by atoms with Gasteiger partial charge in [0.25, 0.3) is 5.91 Å². The summed E-state index contributed by atoms with van der Waals surface area (Å²) >= 11 is 0. The Morgan fingerprint density at radius 1 is 1.45 bits per heavy atom. The second kappa shape index (κ2) is 8.09. The molecule has 1 amide bonds. The van der Waals surface area contributed by atoms with Gasteiger partial charge < -0.3 is 10.4 Å². The first-order chi connectivity index (χ1) is 9.52. The lowest BCUT2D eigenvalue weighted by atomic mass is 10.1. The van der Waals surface area contributed by atoms with E-state index in [1.54, 1.807) is 12.1 Å². The molecular weight excluding hydrogens is 256 g/mol. The summed E-state index contributed by atoms with van der Waals surface area (Å²) in [6, 6.07) is 3.37. The van der Waals surface area contributed by atoms with Gasteiger partial charge in [0, 0.05) is 18.3 Å². The Morgan fingerprint density at radius 2 is 2.20 bits per heavy atom. The molecule has 0 bridgehead atoms. The molecule has 1 aromatic rings. The number of carboxylic acids is 1. The normalized spacial score (nSPS) is 12.3. The number of aliphatic carboxylic acids is 1. The largest absolute Gasteiger partial charge is 0.478 e. The average molecular weight is 276 g/mol. The molecule has 0 aliphatic carbocycles.